The molecule has 2 atom stereocenters. The molecule has 0 saturated heterocycles. The van der Waals surface area contributed by atoms with Gasteiger partial charge in [0.1, 0.15) is 11.5 Å². The van der Waals surface area contributed by atoms with Crippen molar-refractivity contribution in [3.63, 3.8) is 0 Å². The summed E-state index contributed by atoms with van der Waals surface area (Å²) in [6, 6.07) is 9.32. The van der Waals surface area contributed by atoms with Gasteiger partial charge in [0.25, 0.3) is 5.91 Å². The third-order valence-corrected chi connectivity index (χ3v) is 3.93. The van der Waals surface area contributed by atoms with Crippen LogP contribution in [0, 0.1) is 20.8 Å². The lowest BCUT2D eigenvalue weighted by atomic mass is 10.0. The lowest BCUT2D eigenvalue weighted by Gasteiger charge is -2.18. The van der Waals surface area contributed by atoms with Crippen LogP contribution in [-0.4, -0.2) is 17.1 Å². The number of aryl methyl sites for hydroxylation is 2. The lowest BCUT2D eigenvalue weighted by Crippen LogP contribution is -2.34. The third-order valence-electron chi connectivity index (χ3n) is 3.93. The SMILES string of the molecule is Cc1oc(C)c(C(=O)NC(C)CC(O)c2ccccc2)c1C. The van der Waals surface area contributed by atoms with Gasteiger partial charge in [0.05, 0.1) is 11.7 Å². The van der Waals surface area contributed by atoms with Crippen molar-refractivity contribution in [3.05, 3.63) is 58.5 Å². The van der Waals surface area contributed by atoms with Crippen LogP contribution in [0.5, 0.6) is 0 Å². The van der Waals surface area contributed by atoms with E-state index < -0.39 is 6.10 Å². The Morgan fingerprint density at radius 2 is 1.82 bits per heavy atom. The highest BCUT2D eigenvalue weighted by atomic mass is 16.3. The van der Waals surface area contributed by atoms with Crippen LogP contribution in [-0.2, 0) is 0 Å². The second-order valence-electron chi connectivity index (χ2n) is 5.75. The van der Waals surface area contributed by atoms with Crippen molar-refractivity contribution in [2.75, 3.05) is 0 Å². The van der Waals surface area contributed by atoms with Crippen molar-refractivity contribution in [2.24, 2.45) is 0 Å². The first-order valence-corrected chi connectivity index (χ1v) is 7.50. The first kappa shape index (κ1) is 16.3. The van der Waals surface area contributed by atoms with Crippen LogP contribution >= 0.6 is 0 Å². The van der Waals surface area contributed by atoms with Gasteiger partial charge in [-0.25, -0.2) is 0 Å². The van der Waals surface area contributed by atoms with Gasteiger partial charge in [-0.3, -0.25) is 4.79 Å². The standard InChI is InChI=1S/C18H23NO3/c1-11(10-16(20)15-8-6-5-7-9-15)19-18(21)17-12(2)13(3)22-14(17)4/h5-9,11,16,20H,10H2,1-4H3,(H,19,21). The molecule has 2 aromatic rings. The Morgan fingerprint density at radius 1 is 1.18 bits per heavy atom. The fourth-order valence-electron chi connectivity index (χ4n) is 2.63. The minimum Gasteiger partial charge on any atom is -0.466 e. The highest BCUT2D eigenvalue weighted by molar-refractivity contribution is 5.97. The molecule has 2 N–H and O–H groups in total. The number of benzene rings is 1. The number of aliphatic hydroxyl groups is 1. The second-order valence-corrected chi connectivity index (χ2v) is 5.75. The van der Waals surface area contributed by atoms with Gasteiger partial charge in [-0.1, -0.05) is 30.3 Å². The quantitative estimate of drug-likeness (QED) is 0.889. The van der Waals surface area contributed by atoms with Crippen LogP contribution in [0.3, 0.4) is 0 Å². The summed E-state index contributed by atoms with van der Waals surface area (Å²) >= 11 is 0. The Hall–Kier alpha value is -2.07. The maximum absolute atomic E-state index is 12.4. The maximum Gasteiger partial charge on any atom is 0.255 e. The summed E-state index contributed by atoms with van der Waals surface area (Å²) < 4.78 is 5.49. The van der Waals surface area contributed by atoms with Crippen molar-refractivity contribution in [1.82, 2.24) is 5.32 Å². The predicted molar refractivity (Wildman–Crippen MR) is 85.9 cm³/mol. The average Bonchev–Trinajstić information content (AvgIpc) is 2.72. The molecule has 0 saturated carbocycles. The van der Waals surface area contributed by atoms with Crippen LogP contribution in [0.25, 0.3) is 0 Å². The summed E-state index contributed by atoms with van der Waals surface area (Å²) in [6.07, 6.45) is -0.130. The normalized spacial score (nSPS) is 13.7. The van der Waals surface area contributed by atoms with Crippen LogP contribution in [0.1, 0.15) is 52.5 Å². The van der Waals surface area contributed by atoms with Gasteiger partial charge in [-0.2, -0.15) is 0 Å². The van der Waals surface area contributed by atoms with Crippen molar-refractivity contribution in [3.8, 4) is 0 Å². The van der Waals surface area contributed by atoms with E-state index in [2.05, 4.69) is 5.32 Å². The van der Waals surface area contributed by atoms with Crippen LogP contribution < -0.4 is 5.32 Å². The van der Waals surface area contributed by atoms with Gasteiger partial charge in [-0.15, -0.1) is 0 Å². The number of hydrogen-bond acceptors (Lipinski definition) is 3. The van der Waals surface area contributed by atoms with Crippen LogP contribution in [0.15, 0.2) is 34.7 Å². The van der Waals surface area contributed by atoms with Crippen molar-refractivity contribution in [2.45, 2.75) is 46.3 Å². The van der Waals surface area contributed by atoms with Gasteiger partial charge in [-0.05, 0) is 39.7 Å². The van der Waals surface area contributed by atoms with Gasteiger partial charge in [0.15, 0.2) is 0 Å². The molecular weight excluding hydrogens is 278 g/mol. The fraction of sp³-hybridized carbons (Fsp3) is 0.389. The maximum atomic E-state index is 12.4. The molecule has 22 heavy (non-hydrogen) atoms. The molecule has 4 nitrogen and oxygen atoms in total. The van der Waals surface area contributed by atoms with Crippen molar-refractivity contribution >= 4 is 5.91 Å². The molecule has 2 unspecified atom stereocenters. The largest absolute Gasteiger partial charge is 0.466 e. The van der Waals surface area contributed by atoms with Crippen LogP contribution in [0.4, 0.5) is 0 Å². The number of rotatable bonds is 5. The second kappa shape index (κ2) is 6.79. The Labute approximate surface area is 131 Å². The number of amides is 1. The molecule has 0 aliphatic heterocycles. The molecule has 0 aliphatic carbocycles. The van der Waals surface area contributed by atoms with E-state index in [0.717, 1.165) is 16.9 Å². The van der Waals surface area contributed by atoms with Gasteiger partial charge in [0.2, 0.25) is 0 Å². The summed E-state index contributed by atoms with van der Waals surface area (Å²) in [5.41, 5.74) is 2.32. The topological polar surface area (TPSA) is 62.5 Å². The van der Waals surface area contributed by atoms with E-state index in [1.54, 1.807) is 6.92 Å². The highest BCUT2D eigenvalue weighted by Gasteiger charge is 2.21. The third kappa shape index (κ3) is 3.57. The molecule has 118 valence electrons. The monoisotopic (exact) mass is 301 g/mol. The lowest BCUT2D eigenvalue weighted by molar-refractivity contribution is 0.0915. The number of nitrogens with one attached hydrogen (secondary N) is 1. The number of carbonyl (C=O) groups is 1. The summed E-state index contributed by atoms with van der Waals surface area (Å²) in [6.45, 7) is 7.41. The molecule has 0 spiro atoms. The zero-order valence-corrected chi connectivity index (χ0v) is 13.5. The van der Waals surface area contributed by atoms with E-state index in [1.165, 1.54) is 0 Å². The van der Waals surface area contributed by atoms with E-state index in [1.807, 2.05) is 51.1 Å². The summed E-state index contributed by atoms with van der Waals surface area (Å²) in [5, 5.41) is 13.2. The highest BCUT2D eigenvalue weighted by Crippen LogP contribution is 2.22. The number of hydrogen-bond donors (Lipinski definition) is 2. The van der Waals surface area contributed by atoms with Crippen molar-refractivity contribution < 1.29 is 14.3 Å². The van der Waals surface area contributed by atoms with E-state index in [4.69, 9.17) is 4.42 Å². The minimum absolute atomic E-state index is 0.142. The Kier molecular flexibility index (Phi) is 5.03. The van der Waals surface area contributed by atoms with E-state index >= 15 is 0 Å². The zero-order valence-electron chi connectivity index (χ0n) is 13.5. The first-order valence-electron chi connectivity index (χ1n) is 7.50. The molecule has 2 rings (SSSR count). The summed E-state index contributed by atoms with van der Waals surface area (Å²) in [4.78, 5) is 12.4. The summed E-state index contributed by atoms with van der Waals surface area (Å²) in [7, 11) is 0. The molecular formula is C18H23NO3. The molecule has 1 aromatic heterocycles. The number of furan rings is 1. The van der Waals surface area contributed by atoms with Gasteiger partial charge < -0.3 is 14.8 Å². The number of carbonyl (C=O) groups excluding carboxylic acids is 1. The van der Waals surface area contributed by atoms with Crippen molar-refractivity contribution in [1.29, 1.82) is 0 Å². The molecule has 4 heteroatoms. The zero-order chi connectivity index (χ0) is 16.3. The Morgan fingerprint density at radius 3 is 2.36 bits per heavy atom. The molecule has 0 bridgehead atoms. The number of aliphatic hydroxyl groups excluding tert-OH is 1. The molecule has 1 aromatic carbocycles. The Bertz CT molecular complexity index is 646. The average molecular weight is 301 g/mol. The fourth-order valence-corrected chi connectivity index (χ4v) is 2.63. The Balaban J connectivity index is 2.00. The van der Waals surface area contributed by atoms with Gasteiger partial charge in [0, 0.05) is 11.6 Å². The molecule has 0 radical (unpaired) electrons. The van der Waals surface area contributed by atoms with Crippen LogP contribution in [0.2, 0.25) is 0 Å². The van der Waals surface area contributed by atoms with E-state index in [9.17, 15) is 9.90 Å². The predicted octanol–water partition coefficient (Wildman–Crippen LogP) is 3.45. The van der Waals surface area contributed by atoms with Gasteiger partial charge >= 0.3 is 0 Å². The molecule has 0 aliphatic rings. The smallest absolute Gasteiger partial charge is 0.255 e. The minimum atomic E-state index is -0.593. The molecule has 1 amide bonds. The van der Waals surface area contributed by atoms with E-state index in [-0.39, 0.29) is 11.9 Å². The first-order chi connectivity index (χ1) is 10.4. The molecule has 0 fully saturated rings. The summed E-state index contributed by atoms with van der Waals surface area (Å²) in [5.74, 6) is 1.24. The van der Waals surface area contributed by atoms with E-state index in [0.29, 0.717) is 17.7 Å². The molecule has 1 heterocycles.